The standard InChI is InChI=1S/C16H16ClN5OS/c1-9-8-11(17)4-5-12(9)18-13(23)6-7-14-21-22-15(10-2-3-10)19-20-16(22)24-14/h4-5,8,10H,2-3,6-7H2,1H3,(H,18,23). The molecule has 6 nitrogen and oxygen atoms in total. The topological polar surface area (TPSA) is 72.2 Å². The van der Waals surface area contributed by atoms with Crippen LogP contribution in [0.1, 0.15) is 41.6 Å². The van der Waals surface area contributed by atoms with Crippen molar-refractivity contribution in [3.63, 3.8) is 0 Å². The van der Waals surface area contributed by atoms with Crippen LogP contribution in [0.4, 0.5) is 5.69 Å². The fourth-order valence-corrected chi connectivity index (χ4v) is 3.64. The van der Waals surface area contributed by atoms with E-state index in [1.807, 2.05) is 23.6 Å². The lowest BCUT2D eigenvalue weighted by atomic mass is 10.2. The van der Waals surface area contributed by atoms with Crippen LogP contribution in [-0.2, 0) is 11.2 Å². The molecule has 3 aromatic rings. The molecule has 8 heteroatoms. The van der Waals surface area contributed by atoms with Crippen LogP contribution >= 0.6 is 22.9 Å². The van der Waals surface area contributed by atoms with Crippen molar-refractivity contribution < 1.29 is 4.79 Å². The maximum absolute atomic E-state index is 12.2. The van der Waals surface area contributed by atoms with E-state index in [1.54, 1.807) is 6.07 Å². The van der Waals surface area contributed by atoms with Crippen molar-refractivity contribution in [2.24, 2.45) is 0 Å². The van der Waals surface area contributed by atoms with Crippen LogP contribution in [0.15, 0.2) is 18.2 Å². The zero-order valence-corrected chi connectivity index (χ0v) is 14.7. The zero-order valence-electron chi connectivity index (χ0n) is 13.1. The molecule has 1 aliphatic rings. The minimum atomic E-state index is -0.0335. The van der Waals surface area contributed by atoms with Crippen molar-refractivity contribution in [3.8, 4) is 0 Å². The Labute approximate surface area is 147 Å². The first-order chi connectivity index (χ1) is 11.6. The molecule has 124 valence electrons. The predicted octanol–water partition coefficient (Wildman–Crippen LogP) is 3.60. The Hall–Kier alpha value is -1.99. The summed E-state index contributed by atoms with van der Waals surface area (Å²) in [5.41, 5.74) is 1.74. The van der Waals surface area contributed by atoms with Crippen molar-refractivity contribution in [1.29, 1.82) is 0 Å². The summed E-state index contributed by atoms with van der Waals surface area (Å²) in [6.45, 7) is 1.92. The highest BCUT2D eigenvalue weighted by Crippen LogP contribution is 2.39. The Bertz CT molecular complexity index is 914. The first-order valence-corrected chi connectivity index (χ1v) is 9.06. The van der Waals surface area contributed by atoms with Gasteiger partial charge in [0.05, 0.1) is 0 Å². The van der Waals surface area contributed by atoms with Gasteiger partial charge in [-0.05, 0) is 43.5 Å². The lowest BCUT2D eigenvalue weighted by molar-refractivity contribution is -0.116. The monoisotopic (exact) mass is 361 g/mol. The highest BCUT2D eigenvalue weighted by molar-refractivity contribution is 7.16. The molecule has 1 amide bonds. The van der Waals surface area contributed by atoms with Gasteiger partial charge in [-0.3, -0.25) is 4.79 Å². The third-order valence-corrected chi connectivity index (χ3v) is 5.22. The summed E-state index contributed by atoms with van der Waals surface area (Å²) in [6, 6.07) is 5.42. The maximum Gasteiger partial charge on any atom is 0.234 e. The summed E-state index contributed by atoms with van der Waals surface area (Å²) in [7, 11) is 0. The lowest BCUT2D eigenvalue weighted by Gasteiger charge is -2.08. The van der Waals surface area contributed by atoms with E-state index >= 15 is 0 Å². The molecule has 1 aliphatic carbocycles. The molecule has 0 spiro atoms. The molecule has 0 aliphatic heterocycles. The molecule has 1 N–H and O–H groups in total. The summed E-state index contributed by atoms with van der Waals surface area (Å²) in [6.07, 6.45) is 3.30. The molecule has 1 saturated carbocycles. The molecular formula is C16H16ClN5OS. The summed E-state index contributed by atoms with van der Waals surface area (Å²) in [5, 5.41) is 17.4. The van der Waals surface area contributed by atoms with E-state index in [2.05, 4.69) is 20.6 Å². The van der Waals surface area contributed by atoms with Crippen LogP contribution in [0, 0.1) is 6.92 Å². The van der Waals surface area contributed by atoms with Crippen LogP contribution in [0.5, 0.6) is 0 Å². The molecular weight excluding hydrogens is 346 g/mol. The van der Waals surface area contributed by atoms with E-state index in [4.69, 9.17) is 11.6 Å². The number of nitrogens with zero attached hydrogens (tertiary/aromatic N) is 4. The second kappa shape index (κ2) is 6.14. The van der Waals surface area contributed by atoms with E-state index in [-0.39, 0.29) is 5.91 Å². The Kier molecular flexibility index (Phi) is 3.97. The molecule has 0 radical (unpaired) electrons. The number of halogens is 1. The minimum Gasteiger partial charge on any atom is -0.326 e. The lowest BCUT2D eigenvalue weighted by Crippen LogP contribution is -2.13. The zero-order chi connectivity index (χ0) is 16.7. The Balaban J connectivity index is 1.40. The van der Waals surface area contributed by atoms with E-state index < -0.39 is 0 Å². The number of amides is 1. The minimum absolute atomic E-state index is 0.0335. The SMILES string of the molecule is Cc1cc(Cl)ccc1NC(=O)CCc1nn2c(C3CC3)nnc2s1. The molecule has 1 aromatic carbocycles. The van der Waals surface area contributed by atoms with Crippen LogP contribution in [0.25, 0.3) is 4.96 Å². The number of fused-ring (bicyclic) bond motifs is 1. The van der Waals surface area contributed by atoms with E-state index in [9.17, 15) is 4.79 Å². The number of benzene rings is 1. The molecule has 0 bridgehead atoms. The molecule has 0 unspecified atom stereocenters. The summed E-state index contributed by atoms with van der Waals surface area (Å²) < 4.78 is 1.83. The number of anilines is 1. The van der Waals surface area contributed by atoms with Crippen molar-refractivity contribution in [3.05, 3.63) is 39.6 Å². The molecule has 24 heavy (non-hydrogen) atoms. The first-order valence-electron chi connectivity index (χ1n) is 7.87. The maximum atomic E-state index is 12.2. The molecule has 0 saturated heterocycles. The van der Waals surface area contributed by atoms with Crippen LogP contribution < -0.4 is 5.32 Å². The van der Waals surface area contributed by atoms with Gasteiger partial charge in [-0.1, -0.05) is 22.9 Å². The third kappa shape index (κ3) is 3.14. The number of hydrogen-bond donors (Lipinski definition) is 1. The van der Waals surface area contributed by atoms with Gasteiger partial charge in [-0.15, -0.1) is 10.2 Å². The highest BCUT2D eigenvalue weighted by Gasteiger charge is 2.30. The van der Waals surface area contributed by atoms with Gasteiger partial charge in [0.25, 0.3) is 0 Å². The molecule has 1 fully saturated rings. The molecule has 0 atom stereocenters. The first kappa shape index (κ1) is 15.5. The number of rotatable bonds is 5. The molecule has 2 aromatic heterocycles. The second-order valence-electron chi connectivity index (χ2n) is 6.03. The number of hydrogen-bond acceptors (Lipinski definition) is 5. The number of nitrogens with one attached hydrogen (secondary N) is 1. The molecule has 2 heterocycles. The van der Waals surface area contributed by atoms with Crippen molar-refractivity contribution >= 4 is 39.5 Å². The second-order valence-corrected chi connectivity index (χ2v) is 7.51. The Morgan fingerprint density at radius 3 is 3.00 bits per heavy atom. The van der Waals surface area contributed by atoms with E-state index in [1.165, 1.54) is 11.3 Å². The third-order valence-electron chi connectivity index (χ3n) is 4.03. The Morgan fingerprint density at radius 1 is 1.42 bits per heavy atom. The van der Waals surface area contributed by atoms with Gasteiger partial charge in [-0.25, -0.2) is 0 Å². The van der Waals surface area contributed by atoms with Gasteiger partial charge < -0.3 is 5.32 Å². The fraction of sp³-hybridized carbons (Fsp3) is 0.375. The van der Waals surface area contributed by atoms with E-state index in [0.29, 0.717) is 23.8 Å². The van der Waals surface area contributed by atoms with Gasteiger partial charge in [0.1, 0.15) is 5.01 Å². The van der Waals surface area contributed by atoms with Crippen molar-refractivity contribution in [2.75, 3.05) is 5.32 Å². The van der Waals surface area contributed by atoms with Gasteiger partial charge in [0.2, 0.25) is 10.9 Å². The van der Waals surface area contributed by atoms with Crippen LogP contribution in [-0.4, -0.2) is 25.7 Å². The summed E-state index contributed by atoms with van der Waals surface area (Å²) >= 11 is 7.43. The van der Waals surface area contributed by atoms with Gasteiger partial charge in [-0.2, -0.15) is 9.61 Å². The van der Waals surface area contributed by atoms with E-state index in [0.717, 1.165) is 39.9 Å². The van der Waals surface area contributed by atoms with Gasteiger partial charge >= 0.3 is 0 Å². The van der Waals surface area contributed by atoms with Gasteiger partial charge in [0, 0.05) is 29.5 Å². The average Bonchev–Trinajstić information content (AvgIpc) is 3.18. The van der Waals surface area contributed by atoms with Crippen molar-refractivity contribution in [2.45, 2.75) is 38.5 Å². The summed E-state index contributed by atoms with van der Waals surface area (Å²) in [4.78, 5) is 13.0. The largest absolute Gasteiger partial charge is 0.326 e. The fourth-order valence-electron chi connectivity index (χ4n) is 2.57. The predicted molar refractivity (Wildman–Crippen MR) is 93.8 cm³/mol. The van der Waals surface area contributed by atoms with Gasteiger partial charge in [0.15, 0.2) is 5.82 Å². The summed E-state index contributed by atoms with van der Waals surface area (Å²) in [5.74, 6) is 1.42. The van der Waals surface area contributed by atoms with Crippen LogP contribution in [0.2, 0.25) is 5.02 Å². The average molecular weight is 362 g/mol. The number of carbonyl (C=O) groups excluding carboxylic acids is 1. The quantitative estimate of drug-likeness (QED) is 0.753. The number of carbonyl (C=O) groups is 1. The smallest absolute Gasteiger partial charge is 0.234 e. The molecule has 4 rings (SSSR count). The normalized spacial score (nSPS) is 14.2. The number of aryl methyl sites for hydroxylation is 2. The van der Waals surface area contributed by atoms with Crippen LogP contribution in [0.3, 0.4) is 0 Å². The van der Waals surface area contributed by atoms with Crippen molar-refractivity contribution in [1.82, 2.24) is 19.8 Å². The highest BCUT2D eigenvalue weighted by atomic mass is 35.5. The Morgan fingerprint density at radius 2 is 2.25 bits per heavy atom. The number of aromatic nitrogens is 4.